The minimum Gasteiger partial charge on any atom is -0.308 e. The largest absolute Gasteiger partial charge is 0.308 e. The number of hydrogen-bond acceptors (Lipinski definition) is 9. The summed E-state index contributed by atoms with van der Waals surface area (Å²) in [5.41, 5.74) is 13.8. The summed E-state index contributed by atoms with van der Waals surface area (Å²) in [5.74, 6) is 0.688. The van der Waals surface area contributed by atoms with Gasteiger partial charge in [-0.2, -0.15) is 26.3 Å². The van der Waals surface area contributed by atoms with Gasteiger partial charge >= 0.3 is 0 Å². The molecule has 0 atom stereocenters. The molecule has 0 aliphatic carbocycles. The molecular formula is C67H36N10. The van der Waals surface area contributed by atoms with E-state index in [4.69, 9.17) is 19.9 Å². The van der Waals surface area contributed by atoms with E-state index in [1.54, 1.807) is 36.4 Å². The van der Waals surface area contributed by atoms with Gasteiger partial charge in [-0.3, -0.25) is 0 Å². The Hall–Kier alpha value is -11.6. The van der Waals surface area contributed by atoms with Gasteiger partial charge in [0.25, 0.3) is 0 Å². The normalized spacial score (nSPS) is 10.8. The Bertz CT molecular complexity index is 4160. The van der Waals surface area contributed by atoms with Crippen molar-refractivity contribution in [2.45, 2.75) is 0 Å². The summed E-state index contributed by atoms with van der Waals surface area (Å²) in [6, 6.07) is 80.7. The molecule has 0 N–H and O–H groups in total. The predicted molar refractivity (Wildman–Crippen MR) is 299 cm³/mol. The van der Waals surface area contributed by atoms with Gasteiger partial charge in [0.2, 0.25) is 0 Å². The Morgan fingerprint density at radius 1 is 0.286 bits per heavy atom. The van der Waals surface area contributed by atoms with Crippen molar-refractivity contribution in [2.75, 3.05) is 0 Å². The molecule has 10 nitrogen and oxygen atoms in total. The number of benzene rings is 9. The third-order valence-electron chi connectivity index (χ3n) is 13.6. The molecule has 0 fully saturated rings. The van der Waals surface area contributed by atoms with Crippen LogP contribution in [0.1, 0.15) is 27.8 Å². The number of nitrogens with zero attached hydrogens (tertiary/aromatic N) is 10. The zero-order valence-electron chi connectivity index (χ0n) is 40.8. The Balaban J connectivity index is 1.24. The van der Waals surface area contributed by atoms with Crippen LogP contribution in [0.3, 0.4) is 0 Å². The number of hydrogen-bond donors (Lipinski definition) is 0. The lowest BCUT2D eigenvalue weighted by Crippen LogP contribution is -2.06. The maximum atomic E-state index is 11.1. The molecule has 0 bridgehead atoms. The summed E-state index contributed by atoms with van der Waals surface area (Å²) < 4.78 is 2.14. The standard InChI is InChI=1S/C67H36N10/c68-37-42-21-25-53(51(29-42)40-71)49-23-27-63-55(33-49)56-34-50(54-26-22-43(38-69)30-52(54)41-72)24-28-64(56)77(63)65-57(66-73-59(45-13-5-1-6-14-45)35-60(74-66)46-15-7-2-8-16-46)31-44(39-70)32-58(65)67-75-61(47-17-9-3-10-18-47)36-62(76-67)48-19-11-4-12-20-48/h1-36H. The zero-order valence-corrected chi connectivity index (χ0v) is 40.8. The second-order valence-corrected chi connectivity index (χ2v) is 18.2. The second-order valence-electron chi connectivity index (χ2n) is 18.2. The van der Waals surface area contributed by atoms with Crippen molar-refractivity contribution < 1.29 is 0 Å². The lowest BCUT2D eigenvalue weighted by molar-refractivity contribution is 1.12. The highest BCUT2D eigenvalue weighted by Crippen LogP contribution is 2.45. The highest BCUT2D eigenvalue weighted by Gasteiger charge is 2.27. The van der Waals surface area contributed by atoms with Crippen molar-refractivity contribution in [3.05, 3.63) is 246 Å². The second kappa shape index (κ2) is 19.8. The van der Waals surface area contributed by atoms with Crippen LogP contribution in [0, 0.1) is 56.7 Å². The minimum atomic E-state index is 0.323. The molecule has 3 heterocycles. The van der Waals surface area contributed by atoms with E-state index < -0.39 is 0 Å². The van der Waals surface area contributed by atoms with Crippen LogP contribution in [0.25, 0.3) is 118 Å². The summed E-state index contributed by atoms with van der Waals surface area (Å²) in [6.07, 6.45) is 0. The van der Waals surface area contributed by atoms with Gasteiger partial charge in [0.15, 0.2) is 11.6 Å². The van der Waals surface area contributed by atoms with Crippen molar-refractivity contribution in [3.8, 4) is 126 Å². The molecule has 0 aliphatic heterocycles. The number of nitriles is 5. The first-order valence-corrected chi connectivity index (χ1v) is 24.5. The van der Waals surface area contributed by atoms with Crippen LogP contribution in [0.2, 0.25) is 0 Å². The Morgan fingerprint density at radius 3 is 0.961 bits per heavy atom. The topological polar surface area (TPSA) is 175 Å². The van der Waals surface area contributed by atoms with Gasteiger partial charge in [-0.05, 0) is 95.1 Å². The van der Waals surface area contributed by atoms with Gasteiger partial charge in [0, 0.05) is 44.2 Å². The molecular weight excluding hydrogens is 945 g/mol. The molecule has 12 rings (SSSR count). The van der Waals surface area contributed by atoms with Gasteiger partial charge < -0.3 is 4.57 Å². The molecule has 3 aromatic heterocycles. The molecule has 354 valence electrons. The van der Waals surface area contributed by atoms with E-state index in [1.807, 2.05) is 182 Å². The van der Waals surface area contributed by atoms with Gasteiger partial charge in [0.05, 0.1) is 97.7 Å². The number of fused-ring (bicyclic) bond motifs is 3. The summed E-state index contributed by atoms with van der Waals surface area (Å²) in [7, 11) is 0. The molecule has 0 saturated heterocycles. The van der Waals surface area contributed by atoms with E-state index >= 15 is 0 Å². The highest BCUT2D eigenvalue weighted by atomic mass is 15.0. The van der Waals surface area contributed by atoms with Crippen LogP contribution < -0.4 is 0 Å². The summed E-state index contributed by atoms with van der Waals surface area (Å²) in [5, 5.41) is 53.1. The van der Waals surface area contributed by atoms with Crippen LogP contribution in [0.5, 0.6) is 0 Å². The lowest BCUT2D eigenvalue weighted by Gasteiger charge is -2.20. The molecule has 10 heteroatoms. The third kappa shape index (κ3) is 8.63. The maximum Gasteiger partial charge on any atom is 0.162 e. The molecule has 12 aromatic rings. The molecule has 0 amide bonds. The SMILES string of the molecule is N#Cc1ccc(-c2ccc3c(c2)c2cc(-c4ccc(C#N)cc4C#N)ccc2n3-c2c(-c3nc(-c4ccccc4)cc(-c4ccccc4)n3)cc(C#N)cc2-c2nc(-c3ccccc3)cc(-c3ccccc3)n2)c(C#N)c1. The minimum absolute atomic E-state index is 0.323. The van der Waals surface area contributed by atoms with Crippen molar-refractivity contribution in [1.29, 1.82) is 26.3 Å². The first kappa shape index (κ1) is 46.5. The van der Waals surface area contributed by atoms with E-state index in [-0.39, 0.29) is 0 Å². The molecule has 0 radical (unpaired) electrons. The Labute approximate surface area is 442 Å². The predicted octanol–water partition coefficient (Wildman–Crippen LogP) is 15.1. The number of aromatic nitrogens is 5. The first-order chi connectivity index (χ1) is 37.9. The maximum absolute atomic E-state index is 11.1. The van der Waals surface area contributed by atoms with E-state index in [2.05, 4.69) is 34.9 Å². The Morgan fingerprint density at radius 2 is 0.636 bits per heavy atom. The van der Waals surface area contributed by atoms with E-state index in [0.29, 0.717) is 90.2 Å². The number of rotatable bonds is 9. The molecule has 0 spiro atoms. The van der Waals surface area contributed by atoms with Crippen LogP contribution in [0.15, 0.2) is 218 Å². The van der Waals surface area contributed by atoms with E-state index in [9.17, 15) is 26.3 Å². The molecule has 77 heavy (non-hydrogen) atoms. The van der Waals surface area contributed by atoms with Crippen LogP contribution in [-0.2, 0) is 0 Å². The molecule has 0 aliphatic rings. The van der Waals surface area contributed by atoms with Gasteiger partial charge in [0.1, 0.15) is 0 Å². The average Bonchev–Trinajstić information content (AvgIpc) is 3.83. The smallest absolute Gasteiger partial charge is 0.162 e. The fraction of sp³-hybridized carbons (Fsp3) is 0. The Kier molecular flexibility index (Phi) is 11.9. The highest BCUT2D eigenvalue weighted by molar-refractivity contribution is 6.13. The monoisotopic (exact) mass is 980 g/mol. The van der Waals surface area contributed by atoms with Crippen LogP contribution in [-0.4, -0.2) is 24.5 Å². The van der Waals surface area contributed by atoms with Crippen LogP contribution in [0.4, 0.5) is 0 Å². The fourth-order valence-corrected chi connectivity index (χ4v) is 9.96. The quantitative estimate of drug-likeness (QED) is 0.136. The van der Waals surface area contributed by atoms with Gasteiger partial charge in [-0.15, -0.1) is 0 Å². The zero-order chi connectivity index (χ0) is 52.4. The van der Waals surface area contributed by atoms with Crippen LogP contribution >= 0.6 is 0 Å². The van der Waals surface area contributed by atoms with Gasteiger partial charge in [-0.25, -0.2) is 19.9 Å². The fourth-order valence-electron chi connectivity index (χ4n) is 9.96. The summed E-state index contributed by atoms with van der Waals surface area (Å²) in [4.78, 5) is 21.5. The van der Waals surface area contributed by atoms with Gasteiger partial charge in [-0.1, -0.05) is 146 Å². The lowest BCUT2D eigenvalue weighted by atomic mass is 9.95. The third-order valence-corrected chi connectivity index (χ3v) is 13.6. The van der Waals surface area contributed by atoms with Crippen molar-refractivity contribution >= 4 is 21.8 Å². The van der Waals surface area contributed by atoms with E-state index in [0.717, 1.165) is 55.2 Å². The van der Waals surface area contributed by atoms with Crippen molar-refractivity contribution in [3.63, 3.8) is 0 Å². The van der Waals surface area contributed by atoms with E-state index in [1.165, 1.54) is 0 Å². The molecule has 0 saturated carbocycles. The molecule has 0 unspecified atom stereocenters. The molecule has 9 aromatic carbocycles. The summed E-state index contributed by atoms with van der Waals surface area (Å²) in [6.45, 7) is 0. The van der Waals surface area contributed by atoms with Crippen molar-refractivity contribution in [2.24, 2.45) is 0 Å². The van der Waals surface area contributed by atoms with Crippen molar-refractivity contribution in [1.82, 2.24) is 24.5 Å². The first-order valence-electron chi connectivity index (χ1n) is 24.5. The summed E-state index contributed by atoms with van der Waals surface area (Å²) >= 11 is 0. The average molecular weight is 981 g/mol.